The van der Waals surface area contributed by atoms with Gasteiger partial charge in [-0.1, -0.05) is 0 Å². The first-order valence-corrected chi connectivity index (χ1v) is 6.21. The van der Waals surface area contributed by atoms with E-state index < -0.39 is 10.0 Å². The maximum Gasteiger partial charge on any atom is 0.216 e. The molecule has 0 atom stereocenters. The molecule has 13 heavy (non-hydrogen) atoms. The van der Waals surface area contributed by atoms with E-state index in [0.29, 0.717) is 13.1 Å². The molecule has 2 N–H and O–H groups in total. The molecule has 0 aromatic rings. The van der Waals surface area contributed by atoms with Crippen molar-refractivity contribution in [3.8, 4) is 0 Å². The fraction of sp³-hybridized carbons (Fsp3) is 1.00. The van der Waals surface area contributed by atoms with E-state index in [1.54, 1.807) is 18.2 Å². The van der Waals surface area contributed by atoms with Gasteiger partial charge in [0.2, 0.25) is 10.0 Å². The molecule has 1 aliphatic carbocycles. The summed E-state index contributed by atoms with van der Waals surface area (Å²) in [6, 6.07) is 0.232. The van der Waals surface area contributed by atoms with Crippen molar-refractivity contribution in [3.05, 3.63) is 0 Å². The molecule has 0 amide bonds. The molecule has 0 spiro atoms. The quantitative estimate of drug-likeness (QED) is 0.696. The van der Waals surface area contributed by atoms with E-state index in [0.717, 1.165) is 12.8 Å². The van der Waals surface area contributed by atoms with Gasteiger partial charge in [-0.05, 0) is 26.7 Å². The summed E-state index contributed by atoms with van der Waals surface area (Å²) in [5.74, 6) is 0. The third-order valence-electron chi connectivity index (χ3n) is 2.23. The molecular formula is C8H18N2O2S. The number of hydrogen-bond acceptors (Lipinski definition) is 3. The van der Waals surface area contributed by atoms with E-state index >= 15 is 0 Å². The minimum absolute atomic E-state index is 0.232. The zero-order chi connectivity index (χ0) is 10.1. The highest BCUT2D eigenvalue weighted by molar-refractivity contribution is 7.89. The van der Waals surface area contributed by atoms with Gasteiger partial charge in [0.05, 0.1) is 5.25 Å². The Bertz CT molecular complexity index is 257. The van der Waals surface area contributed by atoms with Crippen molar-refractivity contribution in [2.45, 2.75) is 38.0 Å². The Kier molecular flexibility index (Phi) is 3.32. The second-order valence-corrected chi connectivity index (χ2v) is 6.17. The van der Waals surface area contributed by atoms with Crippen molar-refractivity contribution in [1.29, 1.82) is 0 Å². The van der Waals surface area contributed by atoms with Crippen LogP contribution in [0, 0.1) is 0 Å². The summed E-state index contributed by atoms with van der Waals surface area (Å²) < 4.78 is 25.1. The Morgan fingerprint density at radius 2 is 2.00 bits per heavy atom. The van der Waals surface area contributed by atoms with Crippen LogP contribution in [0.3, 0.4) is 0 Å². The van der Waals surface area contributed by atoms with Gasteiger partial charge in [0, 0.05) is 19.1 Å². The maximum absolute atomic E-state index is 11.8. The Hall–Kier alpha value is -0.130. The van der Waals surface area contributed by atoms with Gasteiger partial charge in [-0.2, -0.15) is 4.31 Å². The Balaban J connectivity index is 2.73. The SMILES string of the molecule is CC(C)S(=O)(=O)N(CCN)C1CC1. The molecule has 0 bridgehead atoms. The third kappa shape index (κ3) is 2.42. The number of hydrogen-bond donors (Lipinski definition) is 1. The van der Waals surface area contributed by atoms with Crippen LogP contribution >= 0.6 is 0 Å². The monoisotopic (exact) mass is 206 g/mol. The lowest BCUT2D eigenvalue weighted by Crippen LogP contribution is -2.41. The van der Waals surface area contributed by atoms with Crippen LogP contribution in [-0.4, -0.2) is 37.1 Å². The normalized spacial score (nSPS) is 18.5. The molecule has 0 aliphatic heterocycles. The lowest BCUT2D eigenvalue weighted by Gasteiger charge is -2.23. The molecule has 1 saturated carbocycles. The lowest BCUT2D eigenvalue weighted by atomic mass is 10.6. The van der Waals surface area contributed by atoms with Crippen LogP contribution < -0.4 is 5.73 Å². The van der Waals surface area contributed by atoms with E-state index in [4.69, 9.17) is 5.73 Å². The highest BCUT2D eigenvalue weighted by Crippen LogP contribution is 2.30. The van der Waals surface area contributed by atoms with Gasteiger partial charge in [-0.25, -0.2) is 8.42 Å². The van der Waals surface area contributed by atoms with Gasteiger partial charge in [-0.15, -0.1) is 0 Å². The number of sulfonamides is 1. The maximum atomic E-state index is 11.8. The van der Waals surface area contributed by atoms with Crippen LogP contribution in [0.4, 0.5) is 0 Å². The van der Waals surface area contributed by atoms with Gasteiger partial charge in [0.15, 0.2) is 0 Å². The van der Waals surface area contributed by atoms with Crippen molar-refractivity contribution >= 4 is 10.0 Å². The summed E-state index contributed by atoms with van der Waals surface area (Å²) in [5.41, 5.74) is 5.39. The predicted molar refractivity (Wildman–Crippen MR) is 52.8 cm³/mol. The lowest BCUT2D eigenvalue weighted by molar-refractivity contribution is 0.406. The molecular weight excluding hydrogens is 188 g/mol. The first-order valence-electron chi connectivity index (χ1n) is 4.71. The second kappa shape index (κ2) is 3.94. The Labute approximate surface area is 80.1 Å². The smallest absolute Gasteiger partial charge is 0.216 e. The number of nitrogens with two attached hydrogens (primary N) is 1. The van der Waals surface area contributed by atoms with Crippen molar-refractivity contribution < 1.29 is 8.42 Å². The first kappa shape index (κ1) is 10.9. The molecule has 4 nitrogen and oxygen atoms in total. The molecule has 0 radical (unpaired) electrons. The molecule has 1 fully saturated rings. The number of rotatable bonds is 5. The van der Waals surface area contributed by atoms with Gasteiger partial charge in [-0.3, -0.25) is 0 Å². The molecule has 0 saturated heterocycles. The van der Waals surface area contributed by atoms with E-state index in [2.05, 4.69) is 0 Å². The van der Waals surface area contributed by atoms with E-state index in [1.165, 1.54) is 0 Å². The predicted octanol–water partition coefficient (Wildman–Crippen LogP) is 0.148. The van der Waals surface area contributed by atoms with Crippen molar-refractivity contribution in [2.75, 3.05) is 13.1 Å². The second-order valence-electron chi connectivity index (χ2n) is 3.72. The van der Waals surface area contributed by atoms with Crippen molar-refractivity contribution in [2.24, 2.45) is 5.73 Å². The zero-order valence-corrected chi connectivity index (χ0v) is 9.05. The average Bonchev–Trinajstić information content (AvgIpc) is 2.82. The van der Waals surface area contributed by atoms with E-state index in [1.807, 2.05) is 0 Å². The van der Waals surface area contributed by atoms with E-state index in [-0.39, 0.29) is 11.3 Å². The van der Waals surface area contributed by atoms with Crippen LogP contribution in [-0.2, 0) is 10.0 Å². The van der Waals surface area contributed by atoms with Crippen LogP contribution in [0.15, 0.2) is 0 Å². The molecule has 0 aromatic carbocycles. The third-order valence-corrected chi connectivity index (χ3v) is 4.55. The molecule has 0 unspecified atom stereocenters. The summed E-state index contributed by atoms with van der Waals surface area (Å²) in [7, 11) is -3.08. The fourth-order valence-electron chi connectivity index (χ4n) is 1.28. The summed E-state index contributed by atoms with van der Waals surface area (Å²) >= 11 is 0. The Morgan fingerprint density at radius 1 is 1.46 bits per heavy atom. The van der Waals surface area contributed by atoms with Crippen molar-refractivity contribution in [1.82, 2.24) is 4.31 Å². The molecule has 0 aromatic heterocycles. The van der Waals surface area contributed by atoms with Crippen molar-refractivity contribution in [3.63, 3.8) is 0 Å². The zero-order valence-electron chi connectivity index (χ0n) is 8.23. The molecule has 78 valence electrons. The van der Waals surface area contributed by atoms with E-state index in [9.17, 15) is 8.42 Å². The van der Waals surface area contributed by atoms with Crippen LogP contribution in [0.1, 0.15) is 26.7 Å². The largest absolute Gasteiger partial charge is 0.329 e. The van der Waals surface area contributed by atoms with Crippen LogP contribution in [0.5, 0.6) is 0 Å². The summed E-state index contributed by atoms with van der Waals surface area (Å²) in [4.78, 5) is 0. The minimum atomic E-state index is -3.08. The fourth-order valence-corrected chi connectivity index (χ4v) is 2.81. The standard InChI is InChI=1S/C8H18N2O2S/c1-7(2)13(11,12)10(6-5-9)8-3-4-8/h7-8H,3-6,9H2,1-2H3. The van der Waals surface area contributed by atoms with Gasteiger partial charge in [0.1, 0.15) is 0 Å². The number of nitrogens with zero attached hydrogens (tertiary/aromatic N) is 1. The molecule has 0 heterocycles. The van der Waals surface area contributed by atoms with Crippen LogP contribution in [0.25, 0.3) is 0 Å². The summed E-state index contributed by atoms with van der Waals surface area (Å²) in [6.45, 7) is 4.29. The summed E-state index contributed by atoms with van der Waals surface area (Å²) in [6.07, 6.45) is 1.98. The first-order chi connectivity index (χ1) is 6.00. The topological polar surface area (TPSA) is 63.4 Å². The highest BCUT2D eigenvalue weighted by Gasteiger charge is 2.37. The molecule has 1 aliphatic rings. The van der Waals surface area contributed by atoms with Crippen LogP contribution in [0.2, 0.25) is 0 Å². The van der Waals surface area contributed by atoms with Gasteiger partial charge in [0.25, 0.3) is 0 Å². The van der Waals surface area contributed by atoms with Gasteiger partial charge < -0.3 is 5.73 Å². The molecule has 5 heteroatoms. The summed E-state index contributed by atoms with van der Waals surface area (Å²) in [5, 5.41) is -0.334. The molecule has 1 rings (SSSR count). The Morgan fingerprint density at radius 3 is 2.31 bits per heavy atom. The average molecular weight is 206 g/mol. The minimum Gasteiger partial charge on any atom is -0.329 e. The van der Waals surface area contributed by atoms with Gasteiger partial charge >= 0.3 is 0 Å². The highest BCUT2D eigenvalue weighted by atomic mass is 32.2.